The minimum atomic E-state index is 0. The molecule has 0 aliphatic carbocycles. The van der Waals surface area contributed by atoms with Crippen molar-refractivity contribution in [2.45, 2.75) is 46.3 Å². The summed E-state index contributed by atoms with van der Waals surface area (Å²) in [5, 5.41) is 6.97. The fraction of sp³-hybridized carbons (Fsp3) is 0.667. The van der Waals surface area contributed by atoms with Crippen LogP contribution in [0.15, 0.2) is 17.1 Å². The lowest BCUT2D eigenvalue weighted by Gasteiger charge is -2.22. The minimum Gasteiger partial charge on any atom is -0.496 e. The van der Waals surface area contributed by atoms with Crippen molar-refractivity contribution in [2.75, 3.05) is 41.0 Å². The van der Waals surface area contributed by atoms with Crippen molar-refractivity contribution in [1.82, 2.24) is 15.5 Å². The second kappa shape index (κ2) is 12.3. The Morgan fingerprint density at radius 2 is 1.76 bits per heavy atom. The number of hydrogen-bond donors (Lipinski definition) is 2. The van der Waals surface area contributed by atoms with Gasteiger partial charge in [-0.2, -0.15) is 0 Å². The summed E-state index contributed by atoms with van der Waals surface area (Å²) in [7, 11) is 4.92. The van der Waals surface area contributed by atoms with Gasteiger partial charge in [0.2, 0.25) is 0 Å². The van der Waals surface area contributed by atoms with Gasteiger partial charge < -0.3 is 24.8 Å². The van der Waals surface area contributed by atoms with Crippen LogP contribution >= 0.6 is 24.0 Å². The van der Waals surface area contributed by atoms with Crippen LogP contribution in [0.3, 0.4) is 0 Å². The third kappa shape index (κ3) is 6.80. The summed E-state index contributed by atoms with van der Waals surface area (Å²) >= 11 is 0. The molecule has 1 aromatic carbocycles. The highest BCUT2D eigenvalue weighted by Gasteiger charge is 2.31. The van der Waals surface area contributed by atoms with Crippen LogP contribution in [-0.2, 0) is 6.54 Å². The monoisotopic (exact) mass is 520 g/mol. The first-order valence-electron chi connectivity index (χ1n) is 10.0. The van der Waals surface area contributed by atoms with Crippen molar-refractivity contribution in [1.29, 1.82) is 0 Å². The van der Waals surface area contributed by atoms with E-state index in [-0.39, 0.29) is 24.0 Å². The third-order valence-electron chi connectivity index (χ3n) is 5.25. The van der Waals surface area contributed by atoms with Crippen LogP contribution in [0.1, 0.15) is 33.3 Å². The number of aliphatic imine (C=N–C) groups is 1. The fourth-order valence-corrected chi connectivity index (χ4v) is 3.50. The smallest absolute Gasteiger partial charge is 0.191 e. The number of rotatable bonds is 8. The molecule has 166 valence electrons. The summed E-state index contributed by atoms with van der Waals surface area (Å²) in [6.45, 7) is 12.2. The molecule has 0 radical (unpaired) electrons. The van der Waals surface area contributed by atoms with E-state index in [1.807, 2.05) is 12.1 Å². The summed E-state index contributed by atoms with van der Waals surface area (Å²) in [5.41, 5.74) is 0.895. The van der Waals surface area contributed by atoms with Gasteiger partial charge in [0.1, 0.15) is 17.2 Å². The molecule has 1 saturated heterocycles. The Hall–Kier alpha value is -1.42. The van der Waals surface area contributed by atoms with Gasteiger partial charge in [-0.3, -0.25) is 4.90 Å². The lowest BCUT2D eigenvalue weighted by Crippen LogP contribution is -2.46. The van der Waals surface area contributed by atoms with Crippen LogP contribution < -0.4 is 24.8 Å². The topological polar surface area (TPSA) is 67.4 Å². The Bertz CT molecular complexity index is 644. The van der Waals surface area contributed by atoms with E-state index in [2.05, 4.69) is 43.2 Å². The highest BCUT2D eigenvalue weighted by atomic mass is 127. The van der Waals surface area contributed by atoms with Crippen LogP contribution in [-0.4, -0.2) is 63.9 Å². The normalized spacial score (nSPS) is 19.7. The number of methoxy groups -OCH3 is 3. The summed E-state index contributed by atoms with van der Waals surface area (Å²) in [6, 6.07) is 4.64. The molecule has 1 aromatic rings. The molecule has 8 heteroatoms. The van der Waals surface area contributed by atoms with Crippen LogP contribution in [0.25, 0.3) is 0 Å². The maximum Gasteiger partial charge on any atom is 0.191 e. The van der Waals surface area contributed by atoms with Crippen molar-refractivity contribution >= 4 is 29.9 Å². The largest absolute Gasteiger partial charge is 0.496 e. The van der Waals surface area contributed by atoms with E-state index in [9.17, 15) is 0 Å². The Kier molecular flexibility index (Phi) is 10.9. The summed E-state index contributed by atoms with van der Waals surface area (Å²) in [5.74, 6) is 3.48. The van der Waals surface area contributed by atoms with Gasteiger partial charge in [0.25, 0.3) is 0 Å². The molecule has 1 aliphatic rings. The number of nitrogens with one attached hydrogen (secondary N) is 2. The van der Waals surface area contributed by atoms with Gasteiger partial charge in [0.05, 0.1) is 33.4 Å². The van der Waals surface area contributed by atoms with E-state index in [4.69, 9.17) is 19.2 Å². The molecule has 1 heterocycles. The number of nitrogens with zero attached hydrogens (tertiary/aromatic N) is 2. The molecular formula is C21H37IN4O3. The van der Waals surface area contributed by atoms with E-state index >= 15 is 0 Å². The lowest BCUT2D eigenvalue weighted by atomic mass is 10.1. The number of halogens is 1. The Morgan fingerprint density at radius 3 is 2.21 bits per heavy atom. The van der Waals surface area contributed by atoms with Crippen LogP contribution in [0.2, 0.25) is 0 Å². The maximum atomic E-state index is 5.54. The van der Waals surface area contributed by atoms with Crippen molar-refractivity contribution in [3.63, 3.8) is 0 Å². The van der Waals surface area contributed by atoms with Crippen molar-refractivity contribution in [3.05, 3.63) is 17.7 Å². The number of benzene rings is 1. The molecule has 2 atom stereocenters. The van der Waals surface area contributed by atoms with Gasteiger partial charge in [0.15, 0.2) is 5.96 Å². The molecule has 2 N–H and O–H groups in total. The zero-order valence-electron chi connectivity index (χ0n) is 18.7. The second-order valence-electron chi connectivity index (χ2n) is 7.48. The number of likely N-dealkylation sites (tertiary alicyclic amines) is 1. The molecule has 1 fully saturated rings. The van der Waals surface area contributed by atoms with E-state index in [0.29, 0.717) is 41.8 Å². The molecule has 2 rings (SSSR count). The first kappa shape index (κ1) is 25.6. The highest BCUT2D eigenvalue weighted by Crippen LogP contribution is 2.34. The molecule has 7 nitrogen and oxygen atoms in total. The maximum absolute atomic E-state index is 5.54. The van der Waals surface area contributed by atoms with Crippen molar-refractivity contribution in [2.24, 2.45) is 10.9 Å². The average molecular weight is 520 g/mol. The van der Waals surface area contributed by atoms with Gasteiger partial charge in [-0.25, -0.2) is 4.99 Å². The van der Waals surface area contributed by atoms with Crippen LogP contribution in [0, 0.1) is 5.92 Å². The van der Waals surface area contributed by atoms with Crippen LogP contribution in [0.5, 0.6) is 17.2 Å². The molecule has 0 saturated carbocycles. The van der Waals surface area contributed by atoms with E-state index in [0.717, 1.165) is 31.2 Å². The molecule has 0 amide bonds. The highest BCUT2D eigenvalue weighted by molar-refractivity contribution is 14.0. The molecule has 29 heavy (non-hydrogen) atoms. The summed E-state index contributed by atoms with van der Waals surface area (Å²) < 4.78 is 16.4. The molecule has 2 unspecified atom stereocenters. The van der Waals surface area contributed by atoms with Gasteiger partial charge in [-0.1, -0.05) is 6.92 Å². The second-order valence-corrected chi connectivity index (χ2v) is 7.48. The predicted octanol–water partition coefficient (Wildman–Crippen LogP) is 3.11. The fourth-order valence-electron chi connectivity index (χ4n) is 3.50. The lowest BCUT2D eigenvalue weighted by molar-refractivity contribution is 0.265. The Balaban J connectivity index is 0.00000420. The van der Waals surface area contributed by atoms with E-state index in [1.54, 1.807) is 21.3 Å². The third-order valence-corrected chi connectivity index (χ3v) is 5.25. The van der Waals surface area contributed by atoms with Gasteiger partial charge >= 0.3 is 0 Å². The quantitative estimate of drug-likeness (QED) is 0.312. The molecule has 0 spiro atoms. The van der Waals surface area contributed by atoms with Gasteiger partial charge in [-0.05, 0) is 26.7 Å². The van der Waals surface area contributed by atoms with E-state index < -0.39 is 0 Å². The zero-order chi connectivity index (χ0) is 20.7. The van der Waals surface area contributed by atoms with Crippen molar-refractivity contribution in [3.8, 4) is 17.2 Å². The first-order valence-corrected chi connectivity index (χ1v) is 10.0. The molecule has 1 aliphatic heterocycles. The van der Waals surface area contributed by atoms with E-state index in [1.165, 1.54) is 0 Å². The summed E-state index contributed by atoms with van der Waals surface area (Å²) in [6.07, 6.45) is 0. The SMILES string of the molecule is CCNC(=NCc1c(OC)cc(OC)cc1OC)NC1CN(C(C)C)CC1C.I. The summed E-state index contributed by atoms with van der Waals surface area (Å²) in [4.78, 5) is 7.30. The number of hydrogen-bond acceptors (Lipinski definition) is 5. The Morgan fingerprint density at radius 1 is 1.14 bits per heavy atom. The van der Waals surface area contributed by atoms with Crippen LogP contribution in [0.4, 0.5) is 0 Å². The molecule has 0 aromatic heterocycles. The number of guanidine groups is 1. The first-order chi connectivity index (χ1) is 13.4. The van der Waals surface area contributed by atoms with Crippen molar-refractivity contribution < 1.29 is 14.2 Å². The zero-order valence-corrected chi connectivity index (χ0v) is 21.1. The van der Waals surface area contributed by atoms with Gasteiger partial charge in [-0.15, -0.1) is 24.0 Å². The average Bonchev–Trinajstić information content (AvgIpc) is 3.06. The standard InChI is InChI=1S/C21H36N4O3.HI/c1-8-22-21(24-18-13-25(14(2)3)12-15(18)4)23-11-17-19(27-6)9-16(26-5)10-20(17)28-7;/h9-10,14-15,18H,8,11-13H2,1-7H3,(H2,22,23,24);1H. The molecular weight excluding hydrogens is 483 g/mol. The van der Waals surface area contributed by atoms with Gasteiger partial charge in [0, 0.05) is 43.9 Å². The molecule has 0 bridgehead atoms. The number of ether oxygens (including phenoxy) is 3. The Labute approximate surface area is 192 Å². The minimum absolute atomic E-state index is 0. The predicted molar refractivity (Wildman–Crippen MR) is 129 cm³/mol.